The average molecular weight is 304 g/mol. The molecule has 112 valence electrons. The Morgan fingerprint density at radius 2 is 2.05 bits per heavy atom. The lowest BCUT2D eigenvalue weighted by Gasteiger charge is -2.35. The SMILES string of the molecule is Nc1ccc(S(=O)(=O)NC2(CO)CCOCC2)c(F)c1. The fourth-order valence-corrected chi connectivity index (χ4v) is 3.64. The molecule has 1 aromatic carbocycles. The highest BCUT2D eigenvalue weighted by molar-refractivity contribution is 7.89. The number of hydrogen-bond acceptors (Lipinski definition) is 5. The van der Waals surface area contributed by atoms with Gasteiger partial charge in [-0.2, -0.15) is 0 Å². The highest BCUT2D eigenvalue weighted by atomic mass is 32.2. The largest absolute Gasteiger partial charge is 0.399 e. The smallest absolute Gasteiger partial charge is 0.244 e. The molecule has 20 heavy (non-hydrogen) atoms. The number of nitrogens with one attached hydrogen (secondary N) is 1. The highest BCUT2D eigenvalue weighted by Crippen LogP contribution is 2.25. The standard InChI is InChI=1S/C12H17FN2O4S/c13-10-7-9(14)1-2-11(10)20(17,18)15-12(8-16)3-5-19-6-4-12/h1-2,7,15-16H,3-6,8,14H2. The topological polar surface area (TPSA) is 102 Å². The van der Waals surface area contributed by atoms with Gasteiger partial charge in [-0.05, 0) is 31.0 Å². The van der Waals surface area contributed by atoms with Crippen LogP contribution in [0.25, 0.3) is 0 Å². The van der Waals surface area contributed by atoms with Gasteiger partial charge in [0.2, 0.25) is 10.0 Å². The van der Waals surface area contributed by atoms with Gasteiger partial charge >= 0.3 is 0 Å². The van der Waals surface area contributed by atoms with E-state index < -0.39 is 26.3 Å². The summed E-state index contributed by atoms with van der Waals surface area (Å²) in [6.07, 6.45) is 0.665. The summed E-state index contributed by atoms with van der Waals surface area (Å²) in [5.74, 6) is -0.919. The van der Waals surface area contributed by atoms with E-state index in [1.54, 1.807) is 0 Å². The number of benzene rings is 1. The Labute approximate surface area is 116 Å². The van der Waals surface area contributed by atoms with Gasteiger partial charge in [0.25, 0.3) is 0 Å². The number of anilines is 1. The quantitative estimate of drug-likeness (QED) is 0.691. The van der Waals surface area contributed by atoms with Crippen molar-refractivity contribution in [2.75, 3.05) is 25.6 Å². The van der Waals surface area contributed by atoms with Gasteiger partial charge in [-0.25, -0.2) is 17.5 Å². The highest BCUT2D eigenvalue weighted by Gasteiger charge is 2.37. The number of nitrogens with two attached hydrogens (primary N) is 1. The lowest BCUT2D eigenvalue weighted by Crippen LogP contribution is -2.54. The molecular formula is C12H17FN2O4S. The molecule has 1 aliphatic heterocycles. The Balaban J connectivity index is 2.30. The third-order valence-corrected chi connectivity index (χ3v) is 4.96. The molecule has 0 amide bonds. The first-order valence-electron chi connectivity index (χ1n) is 6.16. The lowest BCUT2D eigenvalue weighted by molar-refractivity contribution is 0.0222. The van der Waals surface area contributed by atoms with E-state index in [4.69, 9.17) is 10.5 Å². The molecule has 0 spiro atoms. The van der Waals surface area contributed by atoms with Crippen molar-refractivity contribution in [1.82, 2.24) is 4.72 Å². The van der Waals surface area contributed by atoms with Crippen LogP contribution in [0, 0.1) is 5.82 Å². The first-order valence-corrected chi connectivity index (χ1v) is 7.64. The van der Waals surface area contributed by atoms with Gasteiger partial charge in [-0.3, -0.25) is 0 Å². The number of ether oxygens (including phenoxy) is 1. The van der Waals surface area contributed by atoms with Gasteiger partial charge in [-0.1, -0.05) is 0 Å². The van der Waals surface area contributed by atoms with Crippen LogP contribution >= 0.6 is 0 Å². The Morgan fingerprint density at radius 3 is 2.60 bits per heavy atom. The molecule has 0 aromatic heterocycles. The minimum Gasteiger partial charge on any atom is -0.399 e. The van der Waals surface area contributed by atoms with Gasteiger partial charge < -0.3 is 15.6 Å². The van der Waals surface area contributed by atoms with Crippen molar-refractivity contribution in [3.05, 3.63) is 24.0 Å². The van der Waals surface area contributed by atoms with Crippen LogP contribution in [0.1, 0.15) is 12.8 Å². The van der Waals surface area contributed by atoms with Crippen molar-refractivity contribution in [3.63, 3.8) is 0 Å². The summed E-state index contributed by atoms with van der Waals surface area (Å²) in [6, 6.07) is 3.37. The second-order valence-electron chi connectivity index (χ2n) is 4.85. The molecule has 4 N–H and O–H groups in total. The molecule has 8 heteroatoms. The van der Waals surface area contributed by atoms with E-state index in [0.717, 1.165) is 12.1 Å². The summed E-state index contributed by atoms with van der Waals surface area (Å²) in [7, 11) is -4.07. The third kappa shape index (κ3) is 3.09. The second kappa shape index (κ2) is 5.65. The summed E-state index contributed by atoms with van der Waals surface area (Å²) < 4.78 is 45.8. The van der Waals surface area contributed by atoms with Crippen LogP contribution in [-0.4, -0.2) is 38.9 Å². The zero-order valence-electron chi connectivity index (χ0n) is 10.8. The van der Waals surface area contributed by atoms with Gasteiger partial charge in [0.15, 0.2) is 0 Å². The molecule has 1 saturated heterocycles. The van der Waals surface area contributed by atoms with Gasteiger partial charge in [0.1, 0.15) is 10.7 Å². The molecule has 1 aromatic rings. The van der Waals surface area contributed by atoms with E-state index in [2.05, 4.69) is 4.72 Å². The molecule has 1 aliphatic rings. The Bertz CT molecular complexity index is 585. The number of sulfonamides is 1. The van der Waals surface area contributed by atoms with Crippen LogP contribution in [0.5, 0.6) is 0 Å². The summed E-state index contributed by atoms with van der Waals surface area (Å²) >= 11 is 0. The molecule has 0 radical (unpaired) electrons. The Hall–Kier alpha value is -1.22. The predicted molar refractivity (Wildman–Crippen MR) is 71.0 cm³/mol. The number of hydrogen-bond donors (Lipinski definition) is 3. The van der Waals surface area contributed by atoms with Crippen LogP contribution < -0.4 is 10.5 Å². The number of nitrogen functional groups attached to an aromatic ring is 1. The van der Waals surface area contributed by atoms with Gasteiger partial charge in [0, 0.05) is 18.9 Å². The van der Waals surface area contributed by atoms with Crippen LogP contribution in [-0.2, 0) is 14.8 Å². The van der Waals surface area contributed by atoms with Crippen molar-refractivity contribution < 1.29 is 22.7 Å². The Kier molecular flexibility index (Phi) is 4.28. The van der Waals surface area contributed by atoms with E-state index in [1.165, 1.54) is 6.07 Å². The molecule has 6 nitrogen and oxygen atoms in total. The van der Waals surface area contributed by atoms with Gasteiger partial charge in [0.05, 0.1) is 12.1 Å². The molecule has 0 atom stereocenters. The normalized spacial score (nSPS) is 18.9. The summed E-state index contributed by atoms with van der Waals surface area (Å²) in [5, 5.41) is 9.47. The maximum atomic E-state index is 13.7. The summed E-state index contributed by atoms with van der Waals surface area (Å²) in [6.45, 7) is 0.312. The summed E-state index contributed by atoms with van der Waals surface area (Å²) in [4.78, 5) is -0.481. The van der Waals surface area contributed by atoms with Crippen molar-refractivity contribution in [2.45, 2.75) is 23.3 Å². The van der Waals surface area contributed by atoms with Crippen LogP contribution in [0.3, 0.4) is 0 Å². The van der Waals surface area contributed by atoms with Crippen LogP contribution in [0.15, 0.2) is 23.1 Å². The predicted octanol–water partition coefficient (Wildman–Crippen LogP) is 0.228. The second-order valence-corrected chi connectivity index (χ2v) is 6.50. The first kappa shape index (κ1) is 15.2. The molecule has 1 heterocycles. The van der Waals surface area contributed by atoms with E-state index in [1.807, 2.05) is 0 Å². The molecule has 0 saturated carbocycles. The van der Waals surface area contributed by atoms with Crippen molar-refractivity contribution >= 4 is 15.7 Å². The van der Waals surface area contributed by atoms with Crippen LogP contribution in [0.2, 0.25) is 0 Å². The summed E-state index contributed by atoms with van der Waals surface area (Å²) in [5.41, 5.74) is 4.53. The van der Waals surface area contributed by atoms with Crippen molar-refractivity contribution in [1.29, 1.82) is 0 Å². The van der Waals surface area contributed by atoms with Gasteiger partial charge in [-0.15, -0.1) is 0 Å². The first-order chi connectivity index (χ1) is 9.38. The number of aliphatic hydroxyl groups is 1. The lowest BCUT2D eigenvalue weighted by atomic mass is 9.93. The fraction of sp³-hybridized carbons (Fsp3) is 0.500. The monoisotopic (exact) mass is 304 g/mol. The molecule has 0 aliphatic carbocycles. The van der Waals surface area contributed by atoms with E-state index >= 15 is 0 Å². The number of aliphatic hydroxyl groups excluding tert-OH is 1. The molecule has 0 bridgehead atoms. The van der Waals surface area contributed by atoms with E-state index in [0.29, 0.717) is 26.1 Å². The maximum absolute atomic E-state index is 13.7. The maximum Gasteiger partial charge on any atom is 0.244 e. The van der Waals surface area contributed by atoms with E-state index in [-0.39, 0.29) is 12.3 Å². The zero-order valence-corrected chi connectivity index (χ0v) is 11.6. The number of rotatable bonds is 4. The minimum atomic E-state index is -4.07. The molecule has 1 fully saturated rings. The minimum absolute atomic E-state index is 0.143. The molecule has 0 unspecified atom stereocenters. The van der Waals surface area contributed by atoms with Crippen molar-refractivity contribution in [3.8, 4) is 0 Å². The van der Waals surface area contributed by atoms with E-state index in [9.17, 15) is 17.9 Å². The third-order valence-electron chi connectivity index (χ3n) is 3.35. The number of halogens is 1. The van der Waals surface area contributed by atoms with Crippen LogP contribution in [0.4, 0.5) is 10.1 Å². The average Bonchev–Trinajstić information content (AvgIpc) is 2.38. The fourth-order valence-electron chi connectivity index (χ4n) is 2.13. The van der Waals surface area contributed by atoms with Crippen molar-refractivity contribution in [2.24, 2.45) is 0 Å². The Morgan fingerprint density at radius 1 is 1.40 bits per heavy atom. The zero-order chi connectivity index (χ0) is 14.8. The molecular weight excluding hydrogens is 287 g/mol. The molecule has 2 rings (SSSR count).